The SMILES string of the molecule is O=C1NC2(CCCCC2)C(=O)N1/N=C\c1ccc(N2CCOCC2)s1. The van der Waals surface area contributed by atoms with E-state index in [-0.39, 0.29) is 5.91 Å². The largest absolute Gasteiger partial charge is 0.378 e. The summed E-state index contributed by atoms with van der Waals surface area (Å²) in [6.45, 7) is 3.25. The number of amides is 3. The summed E-state index contributed by atoms with van der Waals surface area (Å²) in [7, 11) is 0. The van der Waals surface area contributed by atoms with Crippen molar-refractivity contribution in [3.63, 3.8) is 0 Å². The number of rotatable bonds is 3. The van der Waals surface area contributed by atoms with Crippen molar-refractivity contribution in [2.45, 2.75) is 37.6 Å². The fourth-order valence-corrected chi connectivity index (χ4v) is 4.61. The van der Waals surface area contributed by atoms with E-state index in [0.717, 1.165) is 60.5 Å². The molecule has 1 N–H and O–H groups in total. The van der Waals surface area contributed by atoms with Gasteiger partial charge in [-0.2, -0.15) is 5.10 Å². The number of hydrogen-bond acceptors (Lipinski definition) is 6. The topological polar surface area (TPSA) is 74.2 Å². The molecular weight excluding hydrogens is 340 g/mol. The molecule has 0 aromatic carbocycles. The van der Waals surface area contributed by atoms with Crippen LogP contribution in [0.15, 0.2) is 17.2 Å². The second-order valence-corrected chi connectivity index (χ2v) is 7.80. The Morgan fingerprint density at radius 2 is 1.92 bits per heavy atom. The van der Waals surface area contributed by atoms with E-state index in [2.05, 4.69) is 15.3 Å². The highest BCUT2D eigenvalue weighted by atomic mass is 32.1. The molecule has 3 heterocycles. The number of urea groups is 1. The van der Waals surface area contributed by atoms with Crippen molar-refractivity contribution >= 4 is 34.5 Å². The minimum absolute atomic E-state index is 0.210. The van der Waals surface area contributed by atoms with E-state index in [0.29, 0.717) is 12.8 Å². The van der Waals surface area contributed by atoms with Gasteiger partial charge in [0.05, 0.1) is 24.4 Å². The highest BCUT2D eigenvalue weighted by molar-refractivity contribution is 7.17. The van der Waals surface area contributed by atoms with Crippen LogP contribution < -0.4 is 10.2 Å². The second-order valence-electron chi connectivity index (χ2n) is 6.71. The van der Waals surface area contributed by atoms with Crippen molar-refractivity contribution in [2.24, 2.45) is 5.10 Å². The summed E-state index contributed by atoms with van der Waals surface area (Å²) >= 11 is 1.60. The molecule has 7 nitrogen and oxygen atoms in total. The van der Waals surface area contributed by atoms with E-state index < -0.39 is 11.6 Å². The number of carbonyl (C=O) groups excluding carboxylic acids is 2. The lowest BCUT2D eigenvalue weighted by molar-refractivity contribution is -0.132. The van der Waals surface area contributed by atoms with Crippen molar-refractivity contribution in [3.8, 4) is 0 Å². The first kappa shape index (κ1) is 16.5. The first-order chi connectivity index (χ1) is 12.2. The van der Waals surface area contributed by atoms with E-state index in [9.17, 15) is 9.59 Å². The molecule has 4 rings (SSSR count). The van der Waals surface area contributed by atoms with Crippen LogP contribution in [0.4, 0.5) is 9.80 Å². The van der Waals surface area contributed by atoms with Crippen molar-refractivity contribution in [2.75, 3.05) is 31.2 Å². The van der Waals surface area contributed by atoms with Crippen LogP contribution in [0, 0.1) is 0 Å². The van der Waals surface area contributed by atoms with Crippen LogP contribution >= 0.6 is 11.3 Å². The molecule has 0 bridgehead atoms. The predicted octanol–water partition coefficient (Wildman–Crippen LogP) is 2.17. The van der Waals surface area contributed by atoms with Gasteiger partial charge in [0.15, 0.2) is 0 Å². The summed E-state index contributed by atoms with van der Waals surface area (Å²) in [5.41, 5.74) is -0.721. The summed E-state index contributed by atoms with van der Waals surface area (Å²) in [5, 5.41) is 9.20. The average molecular weight is 362 g/mol. The van der Waals surface area contributed by atoms with E-state index >= 15 is 0 Å². The second kappa shape index (κ2) is 6.76. The Balaban J connectivity index is 1.45. The molecule has 3 aliphatic rings. The zero-order valence-electron chi connectivity index (χ0n) is 14.1. The standard InChI is InChI=1S/C17H22N4O3S/c22-15-17(6-2-1-3-7-17)19-16(23)21(15)18-12-13-4-5-14(25-13)20-8-10-24-11-9-20/h4-5,12H,1-3,6-11H2,(H,19,23)/b18-12-. The zero-order valence-corrected chi connectivity index (χ0v) is 14.9. The molecule has 134 valence electrons. The number of nitrogens with one attached hydrogen (secondary N) is 1. The maximum Gasteiger partial charge on any atom is 0.346 e. The number of anilines is 1. The van der Waals surface area contributed by atoms with Crippen molar-refractivity contribution < 1.29 is 14.3 Å². The molecule has 0 unspecified atom stereocenters. The minimum Gasteiger partial charge on any atom is -0.378 e. The quantitative estimate of drug-likeness (QED) is 0.661. The molecule has 1 aromatic heterocycles. The lowest BCUT2D eigenvalue weighted by Gasteiger charge is -2.29. The predicted molar refractivity (Wildman–Crippen MR) is 96.1 cm³/mol. The average Bonchev–Trinajstić information content (AvgIpc) is 3.19. The number of imide groups is 1. The number of thiophene rings is 1. The molecule has 1 saturated carbocycles. The number of nitrogens with zero attached hydrogens (tertiary/aromatic N) is 3. The van der Waals surface area contributed by atoms with Crippen LogP contribution in [0.25, 0.3) is 0 Å². The van der Waals surface area contributed by atoms with Gasteiger partial charge in [-0.05, 0) is 25.0 Å². The maximum atomic E-state index is 12.7. The Morgan fingerprint density at radius 1 is 1.16 bits per heavy atom. The molecule has 3 fully saturated rings. The molecule has 25 heavy (non-hydrogen) atoms. The van der Waals surface area contributed by atoms with E-state index in [4.69, 9.17) is 4.74 Å². The van der Waals surface area contributed by atoms with E-state index in [1.807, 2.05) is 12.1 Å². The Bertz CT molecular complexity index is 690. The first-order valence-electron chi connectivity index (χ1n) is 8.81. The van der Waals surface area contributed by atoms with Crippen molar-refractivity contribution in [1.29, 1.82) is 0 Å². The number of carbonyl (C=O) groups is 2. The van der Waals surface area contributed by atoms with Crippen LogP contribution in [0.5, 0.6) is 0 Å². The van der Waals surface area contributed by atoms with Gasteiger partial charge in [-0.3, -0.25) is 4.79 Å². The highest BCUT2D eigenvalue weighted by Gasteiger charge is 2.51. The normalized spacial score (nSPS) is 23.7. The van der Waals surface area contributed by atoms with Crippen molar-refractivity contribution in [3.05, 3.63) is 17.0 Å². The van der Waals surface area contributed by atoms with E-state index in [1.165, 1.54) is 0 Å². The molecule has 0 radical (unpaired) electrons. The summed E-state index contributed by atoms with van der Waals surface area (Å²) in [4.78, 5) is 28.1. The van der Waals surface area contributed by atoms with Gasteiger partial charge in [0.25, 0.3) is 5.91 Å². The van der Waals surface area contributed by atoms with Gasteiger partial charge >= 0.3 is 6.03 Å². The van der Waals surface area contributed by atoms with Crippen LogP contribution in [0.3, 0.4) is 0 Å². The molecule has 0 atom stereocenters. The fourth-order valence-electron chi connectivity index (χ4n) is 3.69. The molecule has 1 aromatic rings. The molecule has 1 aliphatic carbocycles. The van der Waals surface area contributed by atoms with Gasteiger partial charge < -0.3 is 15.0 Å². The van der Waals surface area contributed by atoms with Gasteiger partial charge in [0.1, 0.15) is 5.54 Å². The zero-order chi connectivity index (χ0) is 17.3. The molecular formula is C17H22N4O3S. The Labute approximate surface area is 150 Å². The van der Waals surface area contributed by atoms with Crippen LogP contribution in [0.1, 0.15) is 37.0 Å². The van der Waals surface area contributed by atoms with Crippen LogP contribution in [-0.4, -0.2) is 55.0 Å². The van der Waals surface area contributed by atoms with Gasteiger partial charge in [-0.15, -0.1) is 16.3 Å². The Morgan fingerprint density at radius 3 is 2.68 bits per heavy atom. The summed E-state index contributed by atoms with van der Waals surface area (Å²) in [5.74, 6) is -0.210. The van der Waals surface area contributed by atoms with Gasteiger partial charge in [-0.1, -0.05) is 19.3 Å². The third-order valence-electron chi connectivity index (χ3n) is 5.08. The maximum absolute atomic E-state index is 12.7. The lowest BCUT2D eigenvalue weighted by atomic mass is 9.82. The number of hydrogen-bond donors (Lipinski definition) is 1. The third-order valence-corrected chi connectivity index (χ3v) is 6.16. The molecule has 8 heteroatoms. The number of ether oxygens (including phenoxy) is 1. The highest BCUT2D eigenvalue weighted by Crippen LogP contribution is 2.34. The van der Waals surface area contributed by atoms with Crippen molar-refractivity contribution in [1.82, 2.24) is 10.3 Å². The molecule has 3 amide bonds. The summed E-state index contributed by atoms with van der Waals surface area (Å²) in [6.07, 6.45) is 6.09. The molecule has 2 saturated heterocycles. The molecule has 1 spiro atoms. The first-order valence-corrected chi connectivity index (χ1v) is 9.63. The minimum atomic E-state index is -0.721. The third kappa shape index (κ3) is 3.16. The summed E-state index contributed by atoms with van der Waals surface area (Å²) < 4.78 is 5.37. The smallest absolute Gasteiger partial charge is 0.346 e. The molecule has 2 aliphatic heterocycles. The van der Waals surface area contributed by atoms with Crippen LogP contribution in [-0.2, 0) is 9.53 Å². The Hall–Kier alpha value is -1.93. The summed E-state index contributed by atoms with van der Waals surface area (Å²) in [6, 6.07) is 3.60. The van der Waals surface area contributed by atoms with Gasteiger partial charge in [0, 0.05) is 18.0 Å². The van der Waals surface area contributed by atoms with Gasteiger partial charge in [-0.25, -0.2) is 4.79 Å². The number of hydrazone groups is 1. The van der Waals surface area contributed by atoms with Gasteiger partial charge in [0.2, 0.25) is 0 Å². The fraction of sp³-hybridized carbons (Fsp3) is 0.588. The van der Waals surface area contributed by atoms with Crippen LogP contribution in [0.2, 0.25) is 0 Å². The number of morpholine rings is 1. The lowest BCUT2D eigenvalue weighted by Crippen LogP contribution is -2.48. The Kier molecular flexibility index (Phi) is 4.47. The monoisotopic (exact) mass is 362 g/mol. The van der Waals surface area contributed by atoms with E-state index in [1.54, 1.807) is 17.6 Å².